The van der Waals surface area contributed by atoms with Crippen LogP contribution in [0.4, 0.5) is 10.2 Å². The Hall–Kier alpha value is -2.43. The van der Waals surface area contributed by atoms with Gasteiger partial charge in [0, 0.05) is 31.2 Å². The van der Waals surface area contributed by atoms with E-state index in [0.29, 0.717) is 5.56 Å². The highest BCUT2D eigenvalue weighted by molar-refractivity contribution is 5.88. The standard InChI is InChI=1S/C15H15FN4/c1-9-18-8-14(20(9)3)12-4-10-6-15(17-2)19-7-11(10)5-13(12)16/h4-8H,1-3H3,(H,17,19). The second kappa shape index (κ2) is 4.59. The molecule has 0 bridgehead atoms. The van der Waals surface area contributed by atoms with Gasteiger partial charge in [0.05, 0.1) is 11.9 Å². The zero-order chi connectivity index (χ0) is 14.3. The van der Waals surface area contributed by atoms with E-state index in [4.69, 9.17) is 0 Å². The molecule has 0 aliphatic rings. The van der Waals surface area contributed by atoms with Gasteiger partial charge in [0.25, 0.3) is 0 Å². The van der Waals surface area contributed by atoms with Gasteiger partial charge in [0.15, 0.2) is 0 Å². The minimum absolute atomic E-state index is 0.264. The number of aromatic nitrogens is 3. The summed E-state index contributed by atoms with van der Waals surface area (Å²) in [5, 5.41) is 4.71. The van der Waals surface area contributed by atoms with E-state index in [1.807, 2.05) is 37.7 Å². The van der Waals surface area contributed by atoms with Crippen molar-refractivity contribution < 1.29 is 4.39 Å². The SMILES string of the molecule is CNc1cc2cc(-c3cnc(C)n3C)c(F)cc2cn1. The van der Waals surface area contributed by atoms with Crippen molar-refractivity contribution in [3.8, 4) is 11.3 Å². The Morgan fingerprint density at radius 3 is 2.55 bits per heavy atom. The van der Waals surface area contributed by atoms with Gasteiger partial charge < -0.3 is 9.88 Å². The van der Waals surface area contributed by atoms with Gasteiger partial charge in [-0.2, -0.15) is 0 Å². The molecule has 0 spiro atoms. The van der Waals surface area contributed by atoms with Gasteiger partial charge in [-0.1, -0.05) is 0 Å². The molecule has 0 unspecified atom stereocenters. The zero-order valence-electron chi connectivity index (χ0n) is 11.6. The summed E-state index contributed by atoms with van der Waals surface area (Å²) >= 11 is 0. The molecule has 0 aliphatic heterocycles. The molecule has 0 saturated carbocycles. The van der Waals surface area contributed by atoms with Gasteiger partial charge in [-0.05, 0) is 30.5 Å². The van der Waals surface area contributed by atoms with Gasteiger partial charge in [0.1, 0.15) is 17.5 Å². The van der Waals surface area contributed by atoms with Crippen LogP contribution in [-0.2, 0) is 7.05 Å². The fraction of sp³-hybridized carbons (Fsp3) is 0.200. The van der Waals surface area contributed by atoms with E-state index in [0.717, 1.165) is 28.1 Å². The fourth-order valence-electron chi connectivity index (χ4n) is 2.25. The van der Waals surface area contributed by atoms with Crippen molar-refractivity contribution in [3.05, 3.63) is 42.2 Å². The number of nitrogens with one attached hydrogen (secondary N) is 1. The maximum atomic E-state index is 14.3. The summed E-state index contributed by atoms with van der Waals surface area (Å²) in [6, 6.07) is 5.25. The molecule has 4 nitrogen and oxygen atoms in total. The maximum absolute atomic E-state index is 14.3. The number of hydrogen-bond acceptors (Lipinski definition) is 3. The Morgan fingerprint density at radius 2 is 1.90 bits per heavy atom. The third kappa shape index (κ3) is 1.91. The zero-order valence-corrected chi connectivity index (χ0v) is 11.6. The Balaban J connectivity index is 2.25. The summed E-state index contributed by atoms with van der Waals surface area (Å²) in [5.74, 6) is 1.35. The highest BCUT2D eigenvalue weighted by atomic mass is 19.1. The van der Waals surface area contributed by atoms with Crippen LogP contribution in [0.1, 0.15) is 5.82 Å². The van der Waals surface area contributed by atoms with E-state index in [1.54, 1.807) is 12.4 Å². The van der Waals surface area contributed by atoms with E-state index >= 15 is 0 Å². The van der Waals surface area contributed by atoms with Gasteiger partial charge in [-0.25, -0.2) is 14.4 Å². The third-order valence-electron chi connectivity index (χ3n) is 3.56. The second-order valence-electron chi connectivity index (χ2n) is 4.75. The predicted molar refractivity (Wildman–Crippen MR) is 78.2 cm³/mol. The highest BCUT2D eigenvalue weighted by Crippen LogP contribution is 2.28. The molecule has 1 N–H and O–H groups in total. The molecule has 2 heterocycles. The minimum Gasteiger partial charge on any atom is -0.373 e. The number of nitrogens with zero attached hydrogens (tertiary/aromatic N) is 3. The van der Waals surface area contributed by atoms with Crippen molar-refractivity contribution in [1.29, 1.82) is 0 Å². The Bertz CT molecular complexity index is 792. The van der Waals surface area contributed by atoms with Crippen molar-refractivity contribution in [2.24, 2.45) is 7.05 Å². The molecule has 0 radical (unpaired) electrons. The quantitative estimate of drug-likeness (QED) is 0.778. The van der Waals surface area contributed by atoms with Gasteiger partial charge in [0.2, 0.25) is 0 Å². The molecule has 0 atom stereocenters. The van der Waals surface area contributed by atoms with E-state index in [-0.39, 0.29) is 5.82 Å². The largest absolute Gasteiger partial charge is 0.373 e. The predicted octanol–water partition coefficient (Wildman–Crippen LogP) is 3.12. The number of hydrogen-bond donors (Lipinski definition) is 1. The number of imidazole rings is 1. The molecule has 102 valence electrons. The number of pyridine rings is 1. The molecule has 0 saturated heterocycles. The Morgan fingerprint density at radius 1 is 1.10 bits per heavy atom. The molecular weight excluding hydrogens is 255 g/mol. The molecular formula is C15H15FN4. The maximum Gasteiger partial charge on any atom is 0.133 e. The van der Waals surface area contributed by atoms with Crippen LogP contribution in [-0.4, -0.2) is 21.6 Å². The lowest BCUT2D eigenvalue weighted by Gasteiger charge is -2.08. The normalized spacial score (nSPS) is 11.0. The third-order valence-corrected chi connectivity index (χ3v) is 3.56. The van der Waals surface area contributed by atoms with E-state index in [1.165, 1.54) is 6.07 Å². The monoisotopic (exact) mass is 270 g/mol. The average Bonchev–Trinajstić information content (AvgIpc) is 2.78. The first-order chi connectivity index (χ1) is 9.60. The lowest BCUT2D eigenvalue weighted by Crippen LogP contribution is -1.97. The van der Waals surface area contributed by atoms with E-state index in [9.17, 15) is 4.39 Å². The Kier molecular flexibility index (Phi) is 2.89. The first-order valence-corrected chi connectivity index (χ1v) is 6.36. The number of halogens is 1. The molecule has 0 aliphatic carbocycles. The van der Waals surface area contributed by atoms with Crippen molar-refractivity contribution in [3.63, 3.8) is 0 Å². The van der Waals surface area contributed by atoms with Crippen molar-refractivity contribution in [2.45, 2.75) is 6.92 Å². The molecule has 3 aromatic rings. The summed E-state index contributed by atoms with van der Waals surface area (Å²) in [6.07, 6.45) is 3.36. The lowest BCUT2D eigenvalue weighted by atomic mass is 10.1. The summed E-state index contributed by atoms with van der Waals surface area (Å²) in [6.45, 7) is 1.89. The van der Waals surface area contributed by atoms with Gasteiger partial charge >= 0.3 is 0 Å². The van der Waals surface area contributed by atoms with Gasteiger partial charge in [-0.15, -0.1) is 0 Å². The molecule has 1 aromatic carbocycles. The van der Waals surface area contributed by atoms with Crippen molar-refractivity contribution in [2.75, 3.05) is 12.4 Å². The molecule has 2 aromatic heterocycles. The van der Waals surface area contributed by atoms with Crippen LogP contribution in [0.2, 0.25) is 0 Å². The van der Waals surface area contributed by atoms with Crippen LogP contribution in [0, 0.1) is 12.7 Å². The van der Waals surface area contributed by atoms with Crippen LogP contribution in [0.5, 0.6) is 0 Å². The van der Waals surface area contributed by atoms with Crippen LogP contribution in [0.25, 0.3) is 22.0 Å². The van der Waals surface area contributed by atoms with Gasteiger partial charge in [-0.3, -0.25) is 0 Å². The number of aryl methyl sites for hydroxylation is 1. The highest BCUT2D eigenvalue weighted by Gasteiger charge is 2.12. The second-order valence-corrected chi connectivity index (χ2v) is 4.75. The number of anilines is 1. The first-order valence-electron chi connectivity index (χ1n) is 6.36. The van der Waals surface area contributed by atoms with Crippen molar-refractivity contribution in [1.82, 2.24) is 14.5 Å². The van der Waals surface area contributed by atoms with Crippen LogP contribution < -0.4 is 5.32 Å². The minimum atomic E-state index is -0.264. The number of benzene rings is 1. The van der Waals surface area contributed by atoms with Crippen LogP contribution in [0.15, 0.2) is 30.6 Å². The summed E-state index contributed by atoms with van der Waals surface area (Å²) in [5.41, 5.74) is 1.32. The van der Waals surface area contributed by atoms with Crippen molar-refractivity contribution >= 4 is 16.6 Å². The Labute approximate surface area is 116 Å². The molecule has 20 heavy (non-hydrogen) atoms. The first kappa shape index (κ1) is 12.6. The summed E-state index contributed by atoms with van der Waals surface area (Å²) in [4.78, 5) is 8.41. The molecule has 0 fully saturated rings. The fourth-order valence-corrected chi connectivity index (χ4v) is 2.25. The topological polar surface area (TPSA) is 42.7 Å². The molecule has 3 rings (SSSR count). The molecule has 5 heteroatoms. The van der Waals surface area contributed by atoms with Crippen LogP contribution >= 0.6 is 0 Å². The van der Waals surface area contributed by atoms with Crippen LogP contribution in [0.3, 0.4) is 0 Å². The number of rotatable bonds is 2. The van der Waals surface area contributed by atoms with E-state index < -0.39 is 0 Å². The number of fused-ring (bicyclic) bond motifs is 1. The lowest BCUT2D eigenvalue weighted by molar-refractivity contribution is 0.631. The summed E-state index contributed by atoms with van der Waals surface area (Å²) < 4.78 is 16.2. The summed E-state index contributed by atoms with van der Waals surface area (Å²) in [7, 11) is 3.69. The molecule has 0 amide bonds. The average molecular weight is 270 g/mol. The van der Waals surface area contributed by atoms with E-state index in [2.05, 4.69) is 15.3 Å². The smallest absolute Gasteiger partial charge is 0.133 e.